The van der Waals surface area contributed by atoms with Crippen molar-refractivity contribution in [3.8, 4) is 22.8 Å². The second-order valence-electron chi connectivity index (χ2n) is 6.22. The molecule has 0 fully saturated rings. The van der Waals surface area contributed by atoms with Crippen LogP contribution in [0.4, 0.5) is 0 Å². The number of carbonyl (C=O) groups is 1. The van der Waals surface area contributed by atoms with Gasteiger partial charge in [-0.2, -0.15) is 4.37 Å². The van der Waals surface area contributed by atoms with E-state index in [1.165, 1.54) is 0 Å². The Morgan fingerprint density at radius 2 is 1.90 bits per heavy atom. The highest BCUT2D eigenvalue weighted by atomic mass is 35.5. The van der Waals surface area contributed by atoms with Crippen molar-refractivity contribution in [2.45, 2.75) is 13.5 Å². The van der Waals surface area contributed by atoms with E-state index in [1.807, 2.05) is 42.3 Å². The number of ether oxygens (including phenoxy) is 2. The highest BCUT2D eigenvalue weighted by molar-refractivity contribution is 7.08. The second kappa shape index (κ2) is 9.73. The molecule has 0 saturated carbocycles. The summed E-state index contributed by atoms with van der Waals surface area (Å²) >= 11 is 7.17. The Morgan fingerprint density at radius 1 is 1.14 bits per heavy atom. The van der Waals surface area contributed by atoms with Gasteiger partial charge in [0.15, 0.2) is 0 Å². The number of methoxy groups -OCH3 is 2. The summed E-state index contributed by atoms with van der Waals surface area (Å²) in [6, 6.07) is 14.8. The Kier molecular flexibility index (Phi) is 7.09. The van der Waals surface area contributed by atoms with Crippen LogP contribution in [0.3, 0.4) is 0 Å². The van der Waals surface area contributed by atoms with Gasteiger partial charge in [-0.1, -0.05) is 30.7 Å². The lowest BCUT2D eigenvalue weighted by Gasteiger charge is -2.21. The van der Waals surface area contributed by atoms with Gasteiger partial charge in [0, 0.05) is 23.7 Å². The molecular formula is C21H22ClN3O3S. The van der Waals surface area contributed by atoms with Gasteiger partial charge in [0.2, 0.25) is 0 Å². The zero-order valence-corrected chi connectivity index (χ0v) is 18.0. The number of rotatable bonds is 8. The molecule has 0 saturated heterocycles. The molecule has 3 aromatic rings. The minimum atomic E-state index is -0.197. The first-order valence-electron chi connectivity index (χ1n) is 9.03. The Balaban J connectivity index is 1.70. The van der Waals surface area contributed by atoms with Gasteiger partial charge in [-0.3, -0.25) is 10.2 Å². The maximum Gasteiger partial charge on any atom is 0.277 e. The highest BCUT2D eigenvalue weighted by Crippen LogP contribution is 2.33. The molecule has 29 heavy (non-hydrogen) atoms. The standard InChI is InChI=1S/C21H22ClN3O3S/c1-4-25(13-14-5-8-16(27-2)9-6-14)23-21(26)20-12-18(24-29-20)17-10-7-15(22)11-19(17)28-3/h5-12H,4,13H2,1-3H3,(H,23,26). The third kappa shape index (κ3) is 5.26. The minimum Gasteiger partial charge on any atom is -0.497 e. The summed E-state index contributed by atoms with van der Waals surface area (Å²) in [5, 5.41) is 2.43. The number of nitrogens with zero attached hydrogens (tertiary/aromatic N) is 2. The molecule has 0 unspecified atom stereocenters. The van der Waals surface area contributed by atoms with Crippen molar-refractivity contribution < 1.29 is 14.3 Å². The van der Waals surface area contributed by atoms with E-state index in [9.17, 15) is 4.79 Å². The Morgan fingerprint density at radius 3 is 2.55 bits per heavy atom. The minimum absolute atomic E-state index is 0.197. The van der Waals surface area contributed by atoms with E-state index in [1.54, 1.807) is 32.4 Å². The van der Waals surface area contributed by atoms with Gasteiger partial charge in [-0.05, 0) is 53.5 Å². The molecular weight excluding hydrogens is 410 g/mol. The summed E-state index contributed by atoms with van der Waals surface area (Å²) in [6.07, 6.45) is 0. The molecule has 152 valence electrons. The van der Waals surface area contributed by atoms with E-state index in [0.29, 0.717) is 34.4 Å². The van der Waals surface area contributed by atoms with Crippen LogP contribution in [0.2, 0.25) is 5.02 Å². The normalized spacial score (nSPS) is 10.8. The van der Waals surface area contributed by atoms with Crippen LogP contribution in [0, 0.1) is 0 Å². The summed E-state index contributed by atoms with van der Waals surface area (Å²) in [7, 11) is 3.21. The number of carbonyl (C=O) groups excluding carboxylic acids is 1. The molecule has 0 bridgehead atoms. The summed E-state index contributed by atoms with van der Waals surface area (Å²) < 4.78 is 15.0. The fourth-order valence-electron chi connectivity index (χ4n) is 2.77. The van der Waals surface area contributed by atoms with Crippen molar-refractivity contribution in [3.05, 3.63) is 64.0 Å². The molecule has 1 heterocycles. The van der Waals surface area contributed by atoms with Gasteiger partial charge in [0.25, 0.3) is 5.91 Å². The van der Waals surface area contributed by atoms with Crippen molar-refractivity contribution in [1.82, 2.24) is 14.8 Å². The summed E-state index contributed by atoms with van der Waals surface area (Å²) in [5.41, 5.74) is 5.48. The van der Waals surface area contributed by atoms with Crippen molar-refractivity contribution in [3.63, 3.8) is 0 Å². The quantitative estimate of drug-likeness (QED) is 0.526. The molecule has 3 rings (SSSR count). The molecule has 6 nitrogen and oxygen atoms in total. The molecule has 1 N–H and O–H groups in total. The molecule has 1 aromatic heterocycles. The number of hydrazine groups is 1. The predicted octanol–water partition coefficient (Wildman–Crippen LogP) is 4.65. The van der Waals surface area contributed by atoms with Gasteiger partial charge in [0.05, 0.1) is 19.9 Å². The van der Waals surface area contributed by atoms with E-state index >= 15 is 0 Å². The molecule has 0 aliphatic heterocycles. The average Bonchev–Trinajstić information content (AvgIpc) is 3.23. The van der Waals surface area contributed by atoms with Gasteiger partial charge in [-0.15, -0.1) is 0 Å². The first-order valence-corrected chi connectivity index (χ1v) is 10.2. The lowest BCUT2D eigenvalue weighted by Crippen LogP contribution is -2.41. The zero-order chi connectivity index (χ0) is 20.8. The first kappa shape index (κ1) is 21.1. The van der Waals surface area contributed by atoms with Crippen LogP contribution in [-0.2, 0) is 6.54 Å². The van der Waals surface area contributed by atoms with Gasteiger partial charge in [-0.25, -0.2) is 5.01 Å². The molecule has 2 aromatic carbocycles. The van der Waals surface area contributed by atoms with Crippen LogP contribution in [0.5, 0.6) is 11.5 Å². The molecule has 8 heteroatoms. The van der Waals surface area contributed by atoms with E-state index in [2.05, 4.69) is 9.80 Å². The van der Waals surface area contributed by atoms with E-state index in [4.69, 9.17) is 21.1 Å². The monoisotopic (exact) mass is 431 g/mol. The molecule has 0 aliphatic rings. The van der Waals surface area contributed by atoms with E-state index in [0.717, 1.165) is 28.4 Å². The maximum absolute atomic E-state index is 12.7. The number of amides is 1. The first-order chi connectivity index (χ1) is 14.0. The summed E-state index contributed by atoms with van der Waals surface area (Å²) in [6.45, 7) is 3.23. The van der Waals surface area contributed by atoms with E-state index in [-0.39, 0.29) is 5.91 Å². The Hall–Kier alpha value is -2.61. The van der Waals surface area contributed by atoms with Crippen LogP contribution in [0.1, 0.15) is 22.2 Å². The molecule has 0 radical (unpaired) electrons. The fraction of sp³-hybridized carbons (Fsp3) is 0.238. The number of hydrogen-bond acceptors (Lipinski definition) is 6. The third-order valence-corrected chi connectivity index (χ3v) is 5.37. The smallest absolute Gasteiger partial charge is 0.277 e. The third-order valence-electron chi connectivity index (χ3n) is 4.35. The Bertz CT molecular complexity index is 976. The van der Waals surface area contributed by atoms with Crippen molar-refractivity contribution in [2.75, 3.05) is 20.8 Å². The topological polar surface area (TPSA) is 63.7 Å². The van der Waals surface area contributed by atoms with Crippen molar-refractivity contribution in [2.24, 2.45) is 0 Å². The lowest BCUT2D eigenvalue weighted by molar-refractivity contribution is 0.0789. The second-order valence-corrected chi connectivity index (χ2v) is 7.47. The number of aromatic nitrogens is 1. The number of nitrogens with one attached hydrogen (secondary N) is 1. The van der Waals surface area contributed by atoms with Gasteiger partial charge < -0.3 is 9.47 Å². The number of halogens is 1. The average molecular weight is 432 g/mol. The van der Waals surface area contributed by atoms with Crippen molar-refractivity contribution in [1.29, 1.82) is 0 Å². The number of hydrogen-bond donors (Lipinski definition) is 1. The van der Waals surface area contributed by atoms with Crippen LogP contribution in [0.25, 0.3) is 11.3 Å². The van der Waals surface area contributed by atoms with Gasteiger partial charge in [0.1, 0.15) is 16.4 Å². The van der Waals surface area contributed by atoms with Crippen LogP contribution in [0.15, 0.2) is 48.5 Å². The van der Waals surface area contributed by atoms with Gasteiger partial charge >= 0.3 is 0 Å². The predicted molar refractivity (Wildman–Crippen MR) is 116 cm³/mol. The maximum atomic E-state index is 12.7. The van der Waals surface area contributed by atoms with Crippen LogP contribution < -0.4 is 14.9 Å². The summed E-state index contributed by atoms with van der Waals surface area (Å²) in [5.74, 6) is 1.22. The molecule has 0 spiro atoms. The SMILES string of the molecule is CCN(Cc1ccc(OC)cc1)NC(=O)c1cc(-c2ccc(Cl)cc2OC)ns1. The molecule has 0 atom stereocenters. The fourth-order valence-corrected chi connectivity index (χ4v) is 3.57. The van der Waals surface area contributed by atoms with Crippen LogP contribution >= 0.6 is 23.1 Å². The number of benzene rings is 2. The molecule has 0 aliphatic carbocycles. The summed E-state index contributed by atoms with van der Waals surface area (Å²) in [4.78, 5) is 13.2. The largest absolute Gasteiger partial charge is 0.497 e. The van der Waals surface area contributed by atoms with E-state index < -0.39 is 0 Å². The molecule has 1 amide bonds. The van der Waals surface area contributed by atoms with Crippen molar-refractivity contribution >= 4 is 29.0 Å². The Labute approximate surface area is 179 Å². The lowest BCUT2D eigenvalue weighted by atomic mass is 10.1. The van der Waals surface area contributed by atoms with Crippen LogP contribution in [-0.4, -0.2) is 36.1 Å². The highest BCUT2D eigenvalue weighted by Gasteiger charge is 2.17. The zero-order valence-electron chi connectivity index (χ0n) is 16.4.